The summed E-state index contributed by atoms with van der Waals surface area (Å²) in [5.74, 6) is 1.55. The number of hydrazone groups is 1. The fourth-order valence-corrected chi connectivity index (χ4v) is 2.92. The minimum atomic E-state index is 0.769. The molecular weight excluding hydrogens is 314 g/mol. The van der Waals surface area contributed by atoms with Crippen molar-refractivity contribution >= 4 is 6.21 Å². The van der Waals surface area contributed by atoms with Gasteiger partial charge in [-0.25, -0.2) is 0 Å². The molecule has 132 valence electrons. The summed E-state index contributed by atoms with van der Waals surface area (Å²) >= 11 is 0. The molecule has 0 radical (unpaired) electrons. The summed E-state index contributed by atoms with van der Waals surface area (Å²) in [4.78, 5) is 2.47. The van der Waals surface area contributed by atoms with Gasteiger partial charge in [-0.3, -0.25) is 9.91 Å². The molecule has 2 aromatic rings. The summed E-state index contributed by atoms with van der Waals surface area (Å²) in [6, 6.07) is 16.4. The van der Waals surface area contributed by atoms with Crippen molar-refractivity contribution < 1.29 is 9.47 Å². The molecule has 0 spiro atoms. The van der Waals surface area contributed by atoms with Crippen molar-refractivity contribution in [3.8, 4) is 11.5 Å². The van der Waals surface area contributed by atoms with Crippen LogP contribution in [0.15, 0.2) is 53.6 Å². The highest BCUT2D eigenvalue weighted by Gasteiger charge is 2.15. The molecule has 0 aromatic heterocycles. The summed E-state index contributed by atoms with van der Waals surface area (Å²) in [5.41, 5.74) is 2.32. The third kappa shape index (κ3) is 4.73. The van der Waals surface area contributed by atoms with Crippen molar-refractivity contribution in [3.05, 3.63) is 59.7 Å². The van der Waals surface area contributed by atoms with Gasteiger partial charge in [0.05, 0.1) is 20.4 Å². The smallest absolute Gasteiger partial charge is 0.131 e. The molecule has 2 aromatic carbocycles. The SMILES string of the molecule is COc1ccc(C=NN2CCN(Cc3ccccc3)CC2)c(OC)c1. The standard InChI is InChI=1S/C20H25N3O2/c1-24-19-9-8-18(20(14-19)25-2)15-21-23-12-10-22(11-13-23)16-17-6-4-3-5-7-17/h3-9,14-15H,10-13,16H2,1-2H3. The van der Waals surface area contributed by atoms with Gasteiger partial charge in [0.25, 0.3) is 0 Å². The summed E-state index contributed by atoms with van der Waals surface area (Å²) in [6.07, 6.45) is 1.87. The minimum Gasteiger partial charge on any atom is -0.497 e. The van der Waals surface area contributed by atoms with Crippen molar-refractivity contribution in [1.29, 1.82) is 0 Å². The Labute approximate surface area is 149 Å². The van der Waals surface area contributed by atoms with Gasteiger partial charge in [0.1, 0.15) is 11.5 Å². The number of hydrogen-bond acceptors (Lipinski definition) is 5. The Morgan fingerprint density at radius 3 is 2.40 bits per heavy atom. The molecule has 5 nitrogen and oxygen atoms in total. The first-order valence-corrected chi connectivity index (χ1v) is 8.56. The second-order valence-corrected chi connectivity index (χ2v) is 6.07. The van der Waals surface area contributed by atoms with Gasteiger partial charge in [0.15, 0.2) is 0 Å². The van der Waals surface area contributed by atoms with Crippen LogP contribution in [-0.4, -0.2) is 56.5 Å². The van der Waals surface area contributed by atoms with E-state index in [1.54, 1.807) is 14.2 Å². The summed E-state index contributed by atoms with van der Waals surface area (Å²) in [6.45, 7) is 4.91. The third-order valence-electron chi connectivity index (χ3n) is 4.40. The highest BCUT2D eigenvalue weighted by Crippen LogP contribution is 2.23. The molecule has 1 fully saturated rings. The lowest BCUT2D eigenvalue weighted by Crippen LogP contribution is -2.43. The first-order valence-electron chi connectivity index (χ1n) is 8.56. The van der Waals surface area contributed by atoms with E-state index in [1.807, 2.05) is 24.4 Å². The maximum absolute atomic E-state index is 5.41. The fourth-order valence-electron chi connectivity index (χ4n) is 2.92. The quantitative estimate of drug-likeness (QED) is 0.759. The van der Waals surface area contributed by atoms with Crippen LogP contribution < -0.4 is 9.47 Å². The van der Waals surface area contributed by atoms with Crippen LogP contribution in [0, 0.1) is 0 Å². The van der Waals surface area contributed by atoms with Gasteiger partial charge in [0, 0.05) is 44.4 Å². The first-order chi connectivity index (χ1) is 12.3. The Morgan fingerprint density at radius 1 is 0.960 bits per heavy atom. The predicted octanol–water partition coefficient (Wildman–Crippen LogP) is 2.86. The van der Waals surface area contributed by atoms with Gasteiger partial charge >= 0.3 is 0 Å². The number of nitrogens with zero attached hydrogens (tertiary/aromatic N) is 3. The van der Waals surface area contributed by atoms with Gasteiger partial charge in [-0.05, 0) is 17.7 Å². The molecule has 25 heavy (non-hydrogen) atoms. The highest BCUT2D eigenvalue weighted by atomic mass is 16.5. The normalized spacial score (nSPS) is 15.5. The number of hydrogen-bond donors (Lipinski definition) is 0. The maximum atomic E-state index is 5.41. The van der Waals surface area contributed by atoms with Crippen molar-refractivity contribution in [1.82, 2.24) is 9.91 Å². The minimum absolute atomic E-state index is 0.769. The topological polar surface area (TPSA) is 37.3 Å². The summed E-state index contributed by atoms with van der Waals surface area (Å²) in [7, 11) is 3.31. The summed E-state index contributed by atoms with van der Waals surface area (Å²) < 4.78 is 10.6. The molecule has 0 saturated carbocycles. The van der Waals surface area contributed by atoms with E-state index in [2.05, 4.69) is 45.3 Å². The van der Waals surface area contributed by atoms with E-state index in [0.717, 1.165) is 49.8 Å². The van der Waals surface area contributed by atoms with E-state index in [9.17, 15) is 0 Å². The Hall–Kier alpha value is -2.53. The van der Waals surface area contributed by atoms with Crippen LogP contribution in [0.1, 0.15) is 11.1 Å². The Kier molecular flexibility index (Phi) is 5.90. The number of methoxy groups -OCH3 is 2. The van der Waals surface area contributed by atoms with Gasteiger partial charge in [0.2, 0.25) is 0 Å². The number of ether oxygens (including phenoxy) is 2. The monoisotopic (exact) mass is 339 g/mol. The molecule has 1 aliphatic heterocycles. The fraction of sp³-hybridized carbons (Fsp3) is 0.350. The van der Waals surface area contributed by atoms with E-state index in [-0.39, 0.29) is 0 Å². The lowest BCUT2D eigenvalue weighted by Gasteiger charge is -2.33. The van der Waals surface area contributed by atoms with E-state index in [1.165, 1.54) is 5.56 Å². The van der Waals surface area contributed by atoms with Gasteiger partial charge in [-0.2, -0.15) is 5.10 Å². The Bertz CT molecular complexity index is 695. The number of piperazine rings is 1. The van der Waals surface area contributed by atoms with E-state index in [4.69, 9.17) is 9.47 Å². The molecule has 3 rings (SSSR count). The van der Waals surface area contributed by atoms with Crippen molar-refractivity contribution in [2.45, 2.75) is 6.54 Å². The van der Waals surface area contributed by atoms with Crippen LogP contribution in [0.2, 0.25) is 0 Å². The molecule has 0 unspecified atom stereocenters. The molecule has 0 amide bonds. The first kappa shape index (κ1) is 17.3. The number of rotatable bonds is 6. The lowest BCUT2D eigenvalue weighted by atomic mass is 10.2. The Morgan fingerprint density at radius 2 is 1.72 bits per heavy atom. The molecule has 1 aliphatic rings. The zero-order valence-corrected chi connectivity index (χ0v) is 14.9. The van der Waals surface area contributed by atoms with Crippen LogP contribution in [0.4, 0.5) is 0 Å². The predicted molar refractivity (Wildman–Crippen MR) is 100 cm³/mol. The highest BCUT2D eigenvalue weighted by molar-refractivity contribution is 5.83. The zero-order chi connectivity index (χ0) is 17.5. The third-order valence-corrected chi connectivity index (χ3v) is 4.40. The average Bonchev–Trinajstić information content (AvgIpc) is 2.68. The Balaban J connectivity index is 1.54. The zero-order valence-electron chi connectivity index (χ0n) is 14.9. The second-order valence-electron chi connectivity index (χ2n) is 6.07. The van der Waals surface area contributed by atoms with E-state index < -0.39 is 0 Å². The second kappa shape index (κ2) is 8.53. The van der Waals surface area contributed by atoms with Crippen LogP contribution in [0.3, 0.4) is 0 Å². The largest absolute Gasteiger partial charge is 0.497 e. The van der Waals surface area contributed by atoms with Gasteiger partial charge in [-0.15, -0.1) is 0 Å². The average molecular weight is 339 g/mol. The molecular formula is C20H25N3O2. The van der Waals surface area contributed by atoms with Crippen LogP contribution >= 0.6 is 0 Å². The maximum Gasteiger partial charge on any atom is 0.131 e. The molecule has 0 atom stereocenters. The van der Waals surface area contributed by atoms with Crippen molar-refractivity contribution in [2.75, 3.05) is 40.4 Å². The van der Waals surface area contributed by atoms with Gasteiger partial charge < -0.3 is 9.47 Å². The van der Waals surface area contributed by atoms with Crippen LogP contribution in [0.25, 0.3) is 0 Å². The lowest BCUT2D eigenvalue weighted by molar-refractivity contribution is 0.131. The molecule has 0 aliphatic carbocycles. The van der Waals surface area contributed by atoms with Crippen molar-refractivity contribution in [3.63, 3.8) is 0 Å². The number of benzene rings is 2. The van der Waals surface area contributed by atoms with E-state index >= 15 is 0 Å². The summed E-state index contributed by atoms with van der Waals surface area (Å²) in [5, 5.41) is 6.74. The molecule has 0 N–H and O–H groups in total. The van der Waals surface area contributed by atoms with Crippen LogP contribution in [0.5, 0.6) is 11.5 Å². The van der Waals surface area contributed by atoms with Crippen LogP contribution in [-0.2, 0) is 6.54 Å². The van der Waals surface area contributed by atoms with Crippen molar-refractivity contribution in [2.24, 2.45) is 5.10 Å². The molecule has 5 heteroatoms. The molecule has 1 saturated heterocycles. The van der Waals surface area contributed by atoms with E-state index in [0.29, 0.717) is 0 Å². The molecule has 0 bridgehead atoms. The van der Waals surface area contributed by atoms with Gasteiger partial charge in [-0.1, -0.05) is 30.3 Å². The molecule has 1 heterocycles.